The first-order chi connectivity index (χ1) is 14.7. The van der Waals surface area contributed by atoms with Gasteiger partial charge in [-0.3, -0.25) is 14.6 Å². The van der Waals surface area contributed by atoms with Crippen LogP contribution in [0.5, 0.6) is 0 Å². The first-order valence-corrected chi connectivity index (χ1v) is 9.82. The minimum absolute atomic E-state index is 0.0534. The molecule has 4 rings (SSSR count). The van der Waals surface area contributed by atoms with E-state index in [9.17, 15) is 9.59 Å². The van der Waals surface area contributed by atoms with Crippen LogP contribution in [0.15, 0.2) is 73.1 Å². The topological polar surface area (TPSA) is 91.3 Å². The van der Waals surface area contributed by atoms with E-state index in [1.54, 1.807) is 18.5 Å². The fourth-order valence-corrected chi connectivity index (χ4v) is 2.96. The maximum atomic E-state index is 12.4. The Morgan fingerprint density at radius 1 is 0.900 bits per heavy atom. The highest BCUT2D eigenvalue weighted by molar-refractivity contribution is 5.95. The molecule has 1 aliphatic carbocycles. The highest BCUT2D eigenvalue weighted by Gasteiger charge is 2.23. The largest absolute Gasteiger partial charge is 0.400 e. The van der Waals surface area contributed by atoms with Crippen LogP contribution < -0.4 is 10.6 Å². The van der Waals surface area contributed by atoms with Crippen LogP contribution >= 0.6 is 0 Å². The molecule has 0 atom stereocenters. The number of nitrogens with one attached hydrogen (secondary N) is 2. The number of amides is 2. The van der Waals surface area contributed by atoms with Crippen molar-refractivity contribution in [3.05, 3.63) is 89.7 Å². The summed E-state index contributed by atoms with van der Waals surface area (Å²) in [5.74, 6) is -0.198. The third-order valence-electron chi connectivity index (χ3n) is 4.72. The molecule has 3 aromatic rings. The molecule has 0 radical (unpaired) electrons. The Kier molecular flexibility index (Phi) is 7.29. The van der Waals surface area contributed by atoms with Gasteiger partial charge in [0, 0.05) is 43.2 Å². The highest BCUT2D eigenvalue weighted by atomic mass is 16.2. The molecule has 0 spiro atoms. The first kappa shape index (κ1) is 21.2. The summed E-state index contributed by atoms with van der Waals surface area (Å²) in [4.78, 5) is 28.6. The fourth-order valence-electron chi connectivity index (χ4n) is 2.96. The standard InChI is InChI=1S/C23H21N3O2.CH4O/c27-22(19-6-4-17(5-7-19)18-10-12-24-13-11-18)25-15-16-2-1-3-20(14-16)23(28)26-21-8-9-21;1-2/h1-7,10-14,21H,8-9,15H2,(H,25,27)(H,26,28);2H,1H3. The van der Waals surface area contributed by atoms with Crippen molar-refractivity contribution >= 4 is 11.8 Å². The number of pyridine rings is 1. The van der Waals surface area contributed by atoms with Gasteiger partial charge in [0.15, 0.2) is 0 Å². The molecule has 2 aromatic carbocycles. The molecule has 6 nitrogen and oxygen atoms in total. The van der Waals surface area contributed by atoms with E-state index < -0.39 is 0 Å². The lowest BCUT2D eigenvalue weighted by Gasteiger charge is -2.08. The number of aromatic nitrogens is 1. The maximum absolute atomic E-state index is 12.4. The molecule has 2 amide bonds. The maximum Gasteiger partial charge on any atom is 0.251 e. The summed E-state index contributed by atoms with van der Waals surface area (Å²) in [5.41, 5.74) is 4.21. The summed E-state index contributed by atoms with van der Waals surface area (Å²) in [5, 5.41) is 12.9. The second-order valence-corrected chi connectivity index (χ2v) is 6.94. The number of aliphatic hydroxyl groups is 1. The summed E-state index contributed by atoms with van der Waals surface area (Å²) in [7, 11) is 1.00. The molecule has 1 saturated carbocycles. The van der Waals surface area contributed by atoms with Crippen LogP contribution in [0.25, 0.3) is 11.1 Å². The molecule has 30 heavy (non-hydrogen) atoms. The number of hydrogen-bond acceptors (Lipinski definition) is 4. The van der Waals surface area contributed by atoms with Crippen LogP contribution in [0.2, 0.25) is 0 Å². The van der Waals surface area contributed by atoms with Crippen molar-refractivity contribution in [1.29, 1.82) is 0 Å². The van der Waals surface area contributed by atoms with Gasteiger partial charge in [-0.1, -0.05) is 24.3 Å². The fraction of sp³-hybridized carbons (Fsp3) is 0.208. The van der Waals surface area contributed by atoms with Crippen molar-refractivity contribution in [2.24, 2.45) is 0 Å². The van der Waals surface area contributed by atoms with E-state index in [0.29, 0.717) is 23.7 Å². The van der Waals surface area contributed by atoms with E-state index in [2.05, 4.69) is 15.6 Å². The second kappa shape index (κ2) is 10.3. The van der Waals surface area contributed by atoms with Crippen LogP contribution in [0.3, 0.4) is 0 Å². The molecule has 1 heterocycles. The molecular formula is C24H25N3O3. The van der Waals surface area contributed by atoms with Crippen LogP contribution in [-0.2, 0) is 6.54 Å². The van der Waals surface area contributed by atoms with Gasteiger partial charge in [0.1, 0.15) is 0 Å². The second-order valence-electron chi connectivity index (χ2n) is 6.94. The average molecular weight is 403 g/mol. The van der Waals surface area contributed by atoms with Gasteiger partial charge in [-0.2, -0.15) is 0 Å². The first-order valence-electron chi connectivity index (χ1n) is 9.82. The van der Waals surface area contributed by atoms with Gasteiger partial charge in [0.05, 0.1) is 0 Å². The lowest BCUT2D eigenvalue weighted by atomic mass is 10.0. The number of nitrogens with zero attached hydrogens (tertiary/aromatic N) is 1. The third kappa shape index (κ3) is 5.75. The Morgan fingerprint density at radius 3 is 2.23 bits per heavy atom. The van der Waals surface area contributed by atoms with Gasteiger partial charge in [-0.25, -0.2) is 0 Å². The molecule has 154 valence electrons. The quantitative estimate of drug-likeness (QED) is 0.590. The summed E-state index contributed by atoms with van der Waals surface area (Å²) in [6.45, 7) is 0.371. The molecule has 1 aliphatic rings. The van der Waals surface area contributed by atoms with E-state index in [1.807, 2.05) is 54.6 Å². The minimum Gasteiger partial charge on any atom is -0.400 e. The van der Waals surface area contributed by atoms with E-state index >= 15 is 0 Å². The van der Waals surface area contributed by atoms with Crippen LogP contribution in [0, 0.1) is 0 Å². The van der Waals surface area contributed by atoms with E-state index in [4.69, 9.17) is 5.11 Å². The van der Waals surface area contributed by atoms with Crippen LogP contribution in [0.1, 0.15) is 39.1 Å². The van der Waals surface area contributed by atoms with E-state index in [1.165, 1.54) is 0 Å². The van der Waals surface area contributed by atoms with Gasteiger partial charge in [0.2, 0.25) is 0 Å². The number of benzene rings is 2. The van der Waals surface area contributed by atoms with E-state index in [-0.39, 0.29) is 11.8 Å². The Balaban J connectivity index is 0.00000124. The SMILES string of the molecule is CO.O=C(NCc1cccc(C(=O)NC2CC2)c1)c1ccc(-c2ccncc2)cc1. The Bertz CT molecular complexity index is 984. The highest BCUT2D eigenvalue weighted by Crippen LogP contribution is 2.20. The van der Waals surface area contributed by atoms with E-state index in [0.717, 1.165) is 36.6 Å². The normalized spacial score (nSPS) is 12.3. The third-order valence-corrected chi connectivity index (χ3v) is 4.72. The van der Waals surface area contributed by atoms with Gasteiger partial charge in [0.25, 0.3) is 11.8 Å². The van der Waals surface area contributed by atoms with Crippen molar-refractivity contribution in [3.8, 4) is 11.1 Å². The lowest BCUT2D eigenvalue weighted by Crippen LogP contribution is -2.26. The minimum atomic E-state index is -0.144. The van der Waals surface area contributed by atoms with Crippen molar-refractivity contribution < 1.29 is 14.7 Å². The average Bonchev–Trinajstić information content (AvgIpc) is 3.64. The number of aliphatic hydroxyl groups excluding tert-OH is 1. The molecular weight excluding hydrogens is 378 g/mol. The van der Waals surface area contributed by atoms with Crippen LogP contribution in [0.4, 0.5) is 0 Å². The van der Waals surface area contributed by atoms with Crippen molar-refractivity contribution in [2.45, 2.75) is 25.4 Å². The molecule has 3 N–H and O–H groups in total. The Labute approximate surface area is 176 Å². The van der Waals surface area contributed by atoms with Gasteiger partial charge in [-0.05, 0) is 65.9 Å². The summed E-state index contributed by atoms with van der Waals surface area (Å²) in [6.07, 6.45) is 5.60. The molecule has 0 bridgehead atoms. The predicted molar refractivity (Wildman–Crippen MR) is 116 cm³/mol. The summed E-state index contributed by atoms with van der Waals surface area (Å²) < 4.78 is 0. The van der Waals surface area contributed by atoms with Gasteiger partial charge < -0.3 is 15.7 Å². The molecule has 0 unspecified atom stereocenters. The Morgan fingerprint density at radius 2 is 1.57 bits per heavy atom. The van der Waals surface area contributed by atoms with Gasteiger partial charge >= 0.3 is 0 Å². The monoisotopic (exact) mass is 403 g/mol. The van der Waals surface area contributed by atoms with Crippen molar-refractivity contribution in [2.75, 3.05) is 7.11 Å². The number of carbonyl (C=O) groups is 2. The predicted octanol–water partition coefficient (Wildman–Crippen LogP) is 3.18. The summed E-state index contributed by atoms with van der Waals surface area (Å²) in [6, 6.07) is 19.0. The summed E-state index contributed by atoms with van der Waals surface area (Å²) >= 11 is 0. The number of carbonyl (C=O) groups excluding carboxylic acids is 2. The molecule has 1 fully saturated rings. The molecule has 0 saturated heterocycles. The number of rotatable bonds is 6. The van der Waals surface area contributed by atoms with Crippen molar-refractivity contribution in [1.82, 2.24) is 15.6 Å². The molecule has 0 aliphatic heterocycles. The lowest BCUT2D eigenvalue weighted by molar-refractivity contribution is 0.0945. The zero-order chi connectivity index (χ0) is 21.3. The zero-order valence-corrected chi connectivity index (χ0v) is 16.8. The zero-order valence-electron chi connectivity index (χ0n) is 16.8. The van der Waals surface area contributed by atoms with Crippen LogP contribution in [-0.4, -0.2) is 35.1 Å². The van der Waals surface area contributed by atoms with Crippen molar-refractivity contribution in [3.63, 3.8) is 0 Å². The smallest absolute Gasteiger partial charge is 0.251 e. The Hall–Kier alpha value is -3.51. The molecule has 1 aromatic heterocycles. The number of hydrogen-bond donors (Lipinski definition) is 3. The molecule has 6 heteroatoms. The van der Waals surface area contributed by atoms with Gasteiger partial charge in [-0.15, -0.1) is 0 Å².